The van der Waals surface area contributed by atoms with Gasteiger partial charge < -0.3 is 15.2 Å². The van der Waals surface area contributed by atoms with E-state index < -0.39 is 0 Å². The Labute approximate surface area is 116 Å². The van der Waals surface area contributed by atoms with Gasteiger partial charge in [0.1, 0.15) is 18.2 Å². The van der Waals surface area contributed by atoms with E-state index in [9.17, 15) is 0 Å². The first-order chi connectivity index (χ1) is 9.22. The van der Waals surface area contributed by atoms with Crippen LogP contribution in [0.3, 0.4) is 0 Å². The number of benzene rings is 1. The first-order valence-electron chi connectivity index (χ1n) is 5.66. The first kappa shape index (κ1) is 13.6. The molecule has 2 N–H and O–H groups in total. The van der Waals surface area contributed by atoms with Crippen LogP contribution in [0.5, 0.6) is 11.6 Å². The van der Waals surface area contributed by atoms with Gasteiger partial charge in [0.15, 0.2) is 5.82 Å². The van der Waals surface area contributed by atoms with Gasteiger partial charge >= 0.3 is 0 Å². The highest BCUT2D eigenvalue weighted by Gasteiger charge is 2.07. The van der Waals surface area contributed by atoms with E-state index in [0.29, 0.717) is 24.1 Å². The van der Waals surface area contributed by atoms with Crippen LogP contribution in [0.4, 0.5) is 5.82 Å². The van der Waals surface area contributed by atoms with E-state index in [-0.39, 0.29) is 0 Å². The molecule has 0 unspecified atom stereocenters. The zero-order valence-corrected chi connectivity index (χ0v) is 11.6. The summed E-state index contributed by atoms with van der Waals surface area (Å²) in [5.74, 6) is 2.02. The maximum atomic E-state index is 5.76. The Morgan fingerprint density at radius 1 is 1.26 bits per heavy atom. The van der Waals surface area contributed by atoms with Crippen molar-refractivity contribution in [3.05, 3.63) is 36.2 Å². The minimum absolute atomic E-state index is 0.297. The van der Waals surface area contributed by atoms with Gasteiger partial charge in [-0.25, -0.2) is 4.98 Å². The van der Waals surface area contributed by atoms with Crippen molar-refractivity contribution in [2.75, 3.05) is 19.1 Å². The van der Waals surface area contributed by atoms with Crippen LogP contribution in [0.1, 0.15) is 5.82 Å². The third-order valence-electron chi connectivity index (χ3n) is 2.33. The normalized spacial score (nSPS) is 10.4. The lowest BCUT2D eigenvalue weighted by Gasteiger charge is -2.09. The summed E-state index contributed by atoms with van der Waals surface area (Å²) in [4.78, 5) is 9.35. The zero-order valence-electron chi connectivity index (χ0n) is 10.8. The van der Waals surface area contributed by atoms with Crippen molar-refractivity contribution < 1.29 is 9.47 Å². The van der Waals surface area contributed by atoms with Crippen molar-refractivity contribution >= 4 is 17.6 Å². The minimum atomic E-state index is 0.297. The fraction of sp³-hybridized carbons (Fsp3) is 0.231. The summed E-state index contributed by atoms with van der Waals surface area (Å²) in [6.07, 6.45) is 1.99. The van der Waals surface area contributed by atoms with E-state index in [4.69, 9.17) is 15.2 Å². The summed E-state index contributed by atoms with van der Waals surface area (Å²) in [6, 6.07) is 9.34. The molecule has 0 spiro atoms. The molecule has 2 rings (SSSR count). The number of hydrogen-bond donors (Lipinski definition) is 1. The number of para-hydroxylation sites is 1. The molecule has 1 aromatic heterocycles. The van der Waals surface area contributed by atoms with Crippen LogP contribution in [0, 0.1) is 0 Å². The second kappa shape index (κ2) is 6.40. The topological polar surface area (TPSA) is 70.3 Å². The second-order valence-corrected chi connectivity index (χ2v) is 4.58. The van der Waals surface area contributed by atoms with Crippen LogP contribution < -0.4 is 10.5 Å². The Kier molecular flexibility index (Phi) is 4.59. The van der Waals surface area contributed by atoms with Crippen LogP contribution in [0.2, 0.25) is 0 Å². The van der Waals surface area contributed by atoms with E-state index in [1.165, 1.54) is 0 Å². The lowest BCUT2D eigenvalue weighted by Crippen LogP contribution is -2.02. The molecule has 5 nitrogen and oxygen atoms in total. The fourth-order valence-corrected chi connectivity index (χ4v) is 2.08. The third-order valence-corrected chi connectivity index (χ3v) is 3.10. The Bertz CT molecular complexity index is 563. The zero-order chi connectivity index (χ0) is 13.7. The SMILES string of the molecule is COCc1nc(N)cc(Oc2ccccc2SC)n1. The predicted octanol–water partition coefficient (Wildman–Crippen LogP) is 2.72. The average Bonchev–Trinajstić information content (AvgIpc) is 2.39. The van der Waals surface area contributed by atoms with Gasteiger partial charge in [0, 0.05) is 18.1 Å². The molecule has 0 bridgehead atoms. The number of rotatable bonds is 5. The van der Waals surface area contributed by atoms with E-state index in [2.05, 4.69) is 9.97 Å². The van der Waals surface area contributed by atoms with Gasteiger partial charge in [-0.1, -0.05) is 12.1 Å². The molecule has 6 heteroatoms. The molecule has 0 amide bonds. The number of nitrogen functional groups attached to an aromatic ring is 1. The van der Waals surface area contributed by atoms with Crippen LogP contribution in [0.15, 0.2) is 35.2 Å². The van der Waals surface area contributed by atoms with Crippen molar-refractivity contribution in [2.24, 2.45) is 0 Å². The Morgan fingerprint density at radius 2 is 2.05 bits per heavy atom. The maximum absolute atomic E-state index is 5.76. The highest BCUT2D eigenvalue weighted by Crippen LogP contribution is 2.30. The molecule has 0 aliphatic carbocycles. The summed E-state index contributed by atoms with van der Waals surface area (Å²) >= 11 is 1.61. The highest BCUT2D eigenvalue weighted by molar-refractivity contribution is 7.98. The number of anilines is 1. The van der Waals surface area contributed by atoms with Gasteiger partial charge in [0.25, 0.3) is 0 Å². The van der Waals surface area contributed by atoms with Gasteiger partial charge in [-0.2, -0.15) is 4.98 Å². The number of aromatic nitrogens is 2. The quantitative estimate of drug-likeness (QED) is 0.847. The molecule has 0 saturated heterocycles. The predicted molar refractivity (Wildman–Crippen MR) is 75.5 cm³/mol. The number of ether oxygens (including phenoxy) is 2. The van der Waals surface area contributed by atoms with Crippen molar-refractivity contribution in [2.45, 2.75) is 11.5 Å². The van der Waals surface area contributed by atoms with Gasteiger partial charge in [0.2, 0.25) is 5.88 Å². The fourth-order valence-electron chi connectivity index (χ4n) is 1.55. The lowest BCUT2D eigenvalue weighted by molar-refractivity contribution is 0.177. The number of methoxy groups -OCH3 is 1. The number of nitrogens with two attached hydrogens (primary N) is 1. The molecule has 19 heavy (non-hydrogen) atoms. The standard InChI is InChI=1S/C13H15N3O2S/c1-17-8-12-15-11(14)7-13(16-12)18-9-5-3-4-6-10(9)19-2/h3-7H,8H2,1-2H3,(H2,14,15,16). The van der Waals surface area contributed by atoms with Crippen molar-refractivity contribution in [3.63, 3.8) is 0 Å². The average molecular weight is 277 g/mol. The molecular formula is C13H15N3O2S. The van der Waals surface area contributed by atoms with Crippen molar-refractivity contribution in [3.8, 4) is 11.6 Å². The van der Waals surface area contributed by atoms with E-state index >= 15 is 0 Å². The number of hydrogen-bond acceptors (Lipinski definition) is 6. The molecule has 0 fully saturated rings. The number of nitrogens with zero attached hydrogens (tertiary/aromatic N) is 2. The Hall–Kier alpha value is -1.79. The summed E-state index contributed by atoms with van der Waals surface area (Å²) in [7, 11) is 1.58. The van der Waals surface area contributed by atoms with Crippen LogP contribution in [-0.4, -0.2) is 23.3 Å². The van der Waals surface area contributed by atoms with Crippen molar-refractivity contribution in [1.82, 2.24) is 9.97 Å². The molecule has 0 aliphatic heterocycles. The molecule has 0 aliphatic rings. The summed E-state index contributed by atoms with van der Waals surface area (Å²) < 4.78 is 10.8. The second-order valence-electron chi connectivity index (χ2n) is 3.73. The molecule has 1 aromatic carbocycles. The lowest BCUT2D eigenvalue weighted by atomic mass is 10.3. The molecule has 0 radical (unpaired) electrons. The highest BCUT2D eigenvalue weighted by atomic mass is 32.2. The van der Waals surface area contributed by atoms with E-state index in [0.717, 1.165) is 10.6 Å². The van der Waals surface area contributed by atoms with Gasteiger partial charge in [0.05, 0.1) is 0 Å². The number of thioether (sulfide) groups is 1. The summed E-state index contributed by atoms with van der Waals surface area (Å²) in [6.45, 7) is 0.297. The van der Waals surface area contributed by atoms with E-state index in [1.54, 1.807) is 24.9 Å². The molecule has 2 aromatic rings. The van der Waals surface area contributed by atoms with Crippen LogP contribution >= 0.6 is 11.8 Å². The Morgan fingerprint density at radius 3 is 2.79 bits per heavy atom. The monoisotopic (exact) mass is 277 g/mol. The smallest absolute Gasteiger partial charge is 0.224 e. The van der Waals surface area contributed by atoms with Crippen LogP contribution in [0.25, 0.3) is 0 Å². The molecule has 0 saturated carbocycles. The largest absolute Gasteiger partial charge is 0.438 e. The van der Waals surface area contributed by atoms with Crippen LogP contribution in [-0.2, 0) is 11.3 Å². The molecule has 100 valence electrons. The van der Waals surface area contributed by atoms with Gasteiger partial charge in [-0.3, -0.25) is 0 Å². The maximum Gasteiger partial charge on any atom is 0.224 e. The summed E-state index contributed by atoms with van der Waals surface area (Å²) in [5.41, 5.74) is 5.72. The van der Waals surface area contributed by atoms with E-state index in [1.807, 2.05) is 30.5 Å². The van der Waals surface area contributed by atoms with Gasteiger partial charge in [-0.05, 0) is 18.4 Å². The molecule has 0 atom stereocenters. The first-order valence-corrected chi connectivity index (χ1v) is 6.88. The summed E-state index contributed by atoms with van der Waals surface area (Å²) in [5, 5.41) is 0. The van der Waals surface area contributed by atoms with Gasteiger partial charge in [-0.15, -0.1) is 11.8 Å². The minimum Gasteiger partial charge on any atom is -0.438 e. The molecule has 1 heterocycles. The third kappa shape index (κ3) is 3.59. The Balaban J connectivity index is 2.27. The van der Waals surface area contributed by atoms with Crippen molar-refractivity contribution in [1.29, 1.82) is 0 Å². The molecular weight excluding hydrogens is 262 g/mol.